The second-order valence-electron chi connectivity index (χ2n) is 5.85. The van der Waals surface area contributed by atoms with E-state index in [1.165, 1.54) is 36.0 Å². The summed E-state index contributed by atoms with van der Waals surface area (Å²) in [5.41, 5.74) is 10.8. The van der Waals surface area contributed by atoms with Crippen LogP contribution in [0, 0.1) is 0 Å². The predicted octanol–water partition coefficient (Wildman–Crippen LogP) is 3.74. The lowest BCUT2D eigenvalue weighted by atomic mass is 10.1. The lowest BCUT2D eigenvalue weighted by Crippen LogP contribution is -2.23. The average Bonchev–Trinajstić information content (AvgIpc) is 3.07. The van der Waals surface area contributed by atoms with E-state index < -0.39 is 0 Å². The van der Waals surface area contributed by atoms with Gasteiger partial charge in [0.15, 0.2) is 5.96 Å². The number of guanidine groups is 1. The molecule has 0 saturated heterocycles. The molecule has 3 rings (SSSR count). The van der Waals surface area contributed by atoms with E-state index in [2.05, 4.69) is 28.5 Å². The molecule has 0 atom stereocenters. The second-order valence-corrected chi connectivity index (χ2v) is 5.85. The zero-order chi connectivity index (χ0) is 16.9. The van der Waals surface area contributed by atoms with Crippen LogP contribution in [0.1, 0.15) is 23.1 Å². The van der Waals surface area contributed by atoms with Gasteiger partial charge in [-0.3, -0.25) is 0 Å². The monoisotopic (exact) mass is 453 g/mol. The Morgan fingerprint density at radius 1 is 1.08 bits per heavy atom. The molecule has 0 spiro atoms. The fourth-order valence-corrected chi connectivity index (χ4v) is 2.99. The van der Waals surface area contributed by atoms with Crippen molar-refractivity contribution >= 4 is 35.6 Å². The topological polar surface area (TPSA) is 68.9 Å². The van der Waals surface area contributed by atoms with Gasteiger partial charge in [0.25, 0.3) is 0 Å². The Morgan fingerprint density at radius 2 is 1.88 bits per heavy atom. The van der Waals surface area contributed by atoms with Gasteiger partial charge in [-0.15, -0.1) is 24.0 Å². The van der Waals surface area contributed by atoms with Crippen molar-refractivity contribution in [2.24, 2.45) is 10.7 Å². The van der Waals surface area contributed by atoms with Crippen molar-refractivity contribution in [3.05, 3.63) is 53.1 Å². The Bertz CT molecular complexity index is 762. The van der Waals surface area contributed by atoms with E-state index in [1.807, 2.05) is 18.2 Å². The van der Waals surface area contributed by atoms with Crippen molar-refractivity contribution in [2.45, 2.75) is 25.8 Å². The van der Waals surface area contributed by atoms with Gasteiger partial charge in [-0.25, -0.2) is 4.99 Å². The minimum atomic E-state index is 0. The van der Waals surface area contributed by atoms with Gasteiger partial charge in [0, 0.05) is 6.07 Å². The first-order valence-electron chi connectivity index (χ1n) is 8.09. The number of ether oxygens (including phenoxy) is 2. The van der Waals surface area contributed by atoms with Gasteiger partial charge in [-0.05, 0) is 48.1 Å². The average molecular weight is 453 g/mol. The van der Waals surface area contributed by atoms with Crippen LogP contribution in [-0.4, -0.2) is 20.2 Å². The summed E-state index contributed by atoms with van der Waals surface area (Å²) in [7, 11) is 3.24. The van der Waals surface area contributed by atoms with E-state index >= 15 is 0 Å². The number of nitrogens with one attached hydrogen (secondary N) is 1. The zero-order valence-corrected chi connectivity index (χ0v) is 16.9. The Balaban J connectivity index is 0.00000225. The van der Waals surface area contributed by atoms with Crippen LogP contribution >= 0.6 is 24.0 Å². The third kappa shape index (κ3) is 4.78. The molecule has 3 N–H and O–H groups in total. The molecule has 0 fully saturated rings. The van der Waals surface area contributed by atoms with Crippen molar-refractivity contribution < 1.29 is 9.47 Å². The minimum absolute atomic E-state index is 0. The summed E-state index contributed by atoms with van der Waals surface area (Å²) in [6, 6.07) is 12.1. The van der Waals surface area contributed by atoms with Crippen LogP contribution in [0.5, 0.6) is 11.5 Å². The van der Waals surface area contributed by atoms with Crippen LogP contribution < -0.4 is 20.5 Å². The lowest BCUT2D eigenvalue weighted by Gasteiger charge is -2.12. The predicted molar refractivity (Wildman–Crippen MR) is 112 cm³/mol. The molecule has 0 aliphatic heterocycles. The number of aliphatic imine (C=N–C) groups is 1. The molecule has 2 aromatic carbocycles. The highest BCUT2D eigenvalue weighted by atomic mass is 127. The molecule has 6 heteroatoms. The van der Waals surface area contributed by atoms with Gasteiger partial charge in [0.2, 0.25) is 0 Å². The molecule has 5 nitrogen and oxygen atoms in total. The third-order valence-corrected chi connectivity index (χ3v) is 4.26. The molecule has 0 heterocycles. The highest BCUT2D eigenvalue weighted by Gasteiger charge is 2.10. The van der Waals surface area contributed by atoms with Crippen molar-refractivity contribution in [1.82, 2.24) is 0 Å². The van der Waals surface area contributed by atoms with Crippen molar-refractivity contribution in [2.75, 3.05) is 19.5 Å². The molecule has 1 aliphatic carbocycles. The molecular formula is C19H24IN3O2. The molecule has 25 heavy (non-hydrogen) atoms. The lowest BCUT2D eigenvalue weighted by molar-refractivity contribution is 0.405. The third-order valence-electron chi connectivity index (χ3n) is 4.26. The Kier molecular flexibility index (Phi) is 6.92. The molecule has 0 saturated carbocycles. The Morgan fingerprint density at radius 3 is 2.64 bits per heavy atom. The van der Waals surface area contributed by atoms with Gasteiger partial charge >= 0.3 is 0 Å². The number of hydrogen-bond acceptors (Lipinski definition) is 3. The SMILES string of the molecule is COc1ccc(OC)c(NC(N)=NCc2ccc3c(c2)CCC3)c1.I. The van der Waals surface area contributed by atoms with Crippen LogP contribution in [0.4, 0.5) is 5.69 Å². The number of nitrogens with zero attached hydrogens (tertiary/aromatic N) is 1. The maximum Gasteiger partial charge on any atom is 0.193 e. The standard InChI is InChI=1S/C19H23N3O2.HI/c1-23-16-8-9-18(24-2)17(11-16)22-19(20)21-12-13-6-7-14-4-3-5-15(14)10-13;/h6-11H,3-5,12H2,1-2H3,(H3,20,21,22);1H. The van der Waals surface area contributed by atoms with Gasteiger partial charge in [-0.2, -0.15) is 0 Å². The number of fused-ring (bicyclic) bond motifs is 1. The van der Waals surface area contributed by atoms with E-state index in [-0.39, 0.29) is 24.0 Å². The number of hydrogen-bond donors (Lipinski definition) is 2. The summed E-state index contributed by atoms with van der Waals surface area (Å²) >= 11 is 0. The highest BCUT2D eigenvalue weighted by molar-refractivity contribution is 14.0. The molecule has 2 aromatic rings. The van der Waals surface area contributed by atoms with Crippen molar-refractivity contribution in [3.8, 4) is 11.5 Å². The summed E-state index contributed by atoms with van der Waals surface area (Å²) in [4.78, 5) is 4.43. The molecule has 0 radical (unpaired) electrons. The first-order valence-corrected chi connectivity index (χ1v) is 8.09. The van der Waals surface area contributed by atoms with Gasteiger partial charge in [0.1, 0.15) is 11.5 Å². The molecule has 1 aliphatic rings. The quantitative estimate of drug-likeness (QED) is 0.411. The molecule has 0 unspecified atom stereocenters. The van der Waals surface area contributed by atoms with Crippen LogP contribution in [0.2, 0.25) is 0 Å². The number of rotatable bonds is 5. The molecule has 0 bridgehead atoms. The van der Waals surface area contributed by atoms with E-state index in [9.17, 15) is 0 Å². The summed E-state index contributed by atoms with van der Waals surface area (Å²) in [5, 5.41) is 3.08. The number of benzene rings is 2. The fraction of sp³-hybridized carbons (Fsp3) is 0.316. The number of aryl methyl sites for hydroxylation is 2. The largest absolute Gasteiger partial charge is 0.497 e. The van der Waals surface area contributed by atoms with E-state index in [4.69, 9.17) is 15.2 Å². The van der Waals surface area contributed by atoms with Gasteiger partial charge in [-0.1, -0.05) is 18.2 Å². The summed E-state index contributed by atoms with van der Waals surface area (Å²) in [6.45, 7) is 0.554. The first kappa shape index (κ1) is 19.4. The van der Waals surface area contributed by atoms with E-state index in [0.717, 1.165) is 11.4 Å². The van der Waals surface area contributed by atoms with Crippen molar-refractivity contribution in [3.63, 3.8) is 0 Å². The van der Waals surface area contributed by atoms with Gasteiger partial charge < -0.3 is 20.5 Å². The summed E-state index contributed by atoms with van der Waals surface area (Å²) in [5.74, 6) is 1.76. The van der Waals surface area contributed by atoms with Crippen LogP contribution in [0.25, 0.3) is 0 Å². The maximum atomic E-state index is 6.02. The highest BCUT2D eigenvalue weighted by Crippen LogP contribution is 2.28. The van der Waals surface area contributed by atoms with E-state index in [0.29, 0.717) is 18.3 Å². The fourth-order valence-electron chi connectivity index (χ4n) is 2.99. The molecule has 0 amide bonds. The number of methoxy groups -OCH3 is 2. The molecular weight excluding hydrogens is 429 g/mol. The smallest absolute Gasteiger partial charge is 0.193 e. The normalized spacial score (nSPS) is 13.0. The maximum absolute atomic E-state index is 6.02. The van der Waals surface area contributed by atoms with Gasteiger partial charge in [0.05, 0.1) is 26.5 Å². The zero-order valence-electron chi connectivity index (χ0n) is 14.5. The Labute approximate surface area is 165 Å². The van der Waals surface area contributed by atoms with Crippen molar-refractivity contribution in [1.29, 1.82) is 0 Å². The summed E-state index contributed by atoms with van der Waals surface area (Å²) in [6.07, 6.45) is 3.61. The number of nitrogens with two attached hydrogens (primary N) is 1. The van der Waals surface area contributed by atoms with E-state index in [1.54, 1.807) is 14.2 Å². The molecule has 134 valence electrons. The summed E-state index contributed by atoms with van der Waals surface area (Å²) < 4.78 is 10.6. The Hall–Kier alpha value is -1.96. The van der Waals surface area contributed by atoms with Crippen LogP contribution in [-0.2, 0) is 19.4 Å². The minimum Gasteiger partial charge on any atom is -0.497 e. The van der Waals surface area contributed by atoms with Crippen LogP contribution in [0.3, 0.4) is 0 Å². The number of halogens is 1. The van der Waals surface area contributed by atoms with Crippen LogP contribution in [0.15, 0.2) is 41.4 Å². The number of anilines is 1. The first-order chi connectivity index (χ1) is 11.7. The molecule has 0 aromatic heterocycles. The second kappa shape index (κ2) is 8.94.